The summed E-state index contributed by atoms with van der Waals surface area (Å²) in [6.07, 6.45) is 0. The fourth-order valence-electron chi connectivity index (χ4n) is 8.77. The number of fused-ring (bicyclic) bond motifs is 6. The van der Waals surface area contributed by atoms with Crippen molar-refractivity contribution in [2.24, 2.45) is 0 Å². The van der Waals surface area contributed by atoms with Crippen molar-refractivity contribution >= 4 is 32.3 Å². The zero-order valence-electron chi connectivity index (χ0n) is 27.0. The van der Waals surface area contributed by atoms with E-state index >= 15 is 0 Å². The van der Waals surface area contributed by atoms with E-state index in [9.17, 15) is 0 Å². The van der Waals surface area contributed by atoms with Crippen LogP contribution in [0.1, 0.15) is 22.3 Å². The summed E-state index contributed by atoms with van der Waals surface area (Å²) in [7, 11) is 0. The van der Waals surface area contributed by atoms with Gasteiger partial charge in [0.2, 0.25) is 0 Å². The Morgan fingerprint density at radius 3 is 1.41 bits per heavy atom. The predicted octanol–water partition coefficient (Wildman–Crippen LogP) is 12.8. The van der Waals surface area contributed by atoms with Crippen LogP contribution in [0.5, 0.6) is 0 Å². The highest BCUT2D eigenvalue weighted by atomic mass is 14.5. The van der Waals surface area contributed by atoms with Gasteiger partial charge in [0, 0.05) is 0 Å². The average Bonchev–Trinajstić information content (AvgIpc) is 3.48. The highest BCUT2D eigenvalue weighted by Gasteiger charge is 2.46. The second-order valence-electron chi connectivity index (χ2n) is 13.2. The molecular weight excluding hydrogens is 589 g/mol. The Labute approximate surface area is 286 Å². The smallest absolute Gasteiger partial charge is 0.0622 e. The minimum atomic E-state index is -0.445. The average molecular weight is 621 g/mol. The van der Waals surface area contributed by atoms with Crippen molar-refractivity contribution in [2.75, 3.05) is 0 Å². The van der Waals surface area contributed by atoms with Gasteiger partial charge in [-0.3, -0.25) is 0 Å². The van der Waals surface area contributed by atoms with Gasteiger partial charge in [0.05, 0.1) is 5.41 Å². The van der Waals surface area contributed by atoms with Gasteiger partial charge >= 0.3 is 0 Å². The lowest BCUT2D eigenvalue weighted by molar-refractivity contribution is 0.769. The molecule has 0 aromatic heterocycles. The molecule has 228 valence electrons. The van der Waals surface area contributed by atoms with Gasteiger partial charge in [-0.25, -0.2) is 0 Å². The monoisotopic (exact) mass is 620 g/mol. The first kappa shape index (κ1) is 27.8. The molecule has 0 heteroatoms. The van der Waals surface area contributed by atoms with Crippen LogP contribution >= 0.6 is 0 Å². The highest BCUT2D eigenvalue weighted by molar-refractivity contribution is 6.23. The highest BCUT2D eigenvalue weighted by Crippen LogP contribution is 2.57. The van der Waals surface area contributed by atoms with Crippen LogP contribution in [0.4, 0.5) is 0 Å². The lowest BCUT2D eigenvalue weighted by atomic mass is 9.67. The largest absolute Gasteiger partial charge is 0.0713 e. The Kier molecular flexibility index (Phi) is 6.19. The lowest BCUT2D eigenvalue weighted by Gasteiger charge is -2.34. The Bertz CT molecular complexity index is 2600. The third kappa shape index (κ3) is 3.98. The van der Waals surface area contributed by atoms with E-state index in [0.29, 0.717) is 0 Å². The molecule has 0 amide bonds. The van der Waals surface area contributed by atoms with E-state index in [1.165, 1.54) is 88.0 Å². The van der Waals surface area contributed by atoms with Gasteiger partial charge in [0.25, 0.3) is 0 Å². The molecule has 0 bridgehead atoms. The van der Waals surface area contributed by atoms with Gasteiger partial charge in [-0.05, 0) is 94.0 Å². The molecule has 9 aromatic rings. The number of hydrogen-bond acceptors (Lipinski definition) is 0. The summed E-state index contributed by atoms with van der Waals surface area (Å²) in [4.78, 5) is 0. The van der Waals surface area contributed by atoms with Crippen molar-refractivity contribution in [3.8, 4) is 33.4 Å². The van der Waals surface area contributed by atoms with Crippen LogP contribution < -0.4 is 0 Å². The summed E-state index contributed by atoms with van der Waals surface area (Å²) >= 11 is 0. The molecule has 49 heavy (non-hydrogen) atoms. The van der Waals surface area contributed by atoms with Crippen LogP contribution in [0.25, 0.3) is 65.7 Å². The van der Waals surface area contributed by atoms with Crippen molar-refractivity contribution in [2.45, 2.75) is 5.41 Å². The molecule has 0 fully saturated rings. The van der Waals surface area contributed by atoms with Crippen LogP contribution in [0.2, 0.25) is 0 Å². The minimum absolute atomic E-state index is 0.445. The SMILES string of the molecule is c1ccc(C2(c3ccccc3)c3ccccc3-c3ccc(-c4c5ccccc5c(-c5cccc6ccccc56)c5ccccc45)cc32)cc1. The summed E-state index contributed by atoms with van der Waals surface area (Å²) in [5, 5.41) is 7.61. The lowest BCUT2D eigenvalue weighted by Crippen LogP contribution is -2.28. The third-order valence-electron chi connectivity index (χ3n) is 10.7. The quantitative estimate of drug-likeness (QED) is 0.172. The minimum Gasteiger partial charge on any atom is -0.0622 e. The summed E-state index contributed by atoms with van der Waals surface area (Å²) in [5.41, 5.74) is 12.5. The van der Waals surface area contributed by atoms with Crippen LogP contribution in [0, 0.1) is 0 Å². The van der Waals surface area contributed by atoms with Gasteiger partial charge in [-0.15, -0.1) is 0 Å². The van der Waals surface area contributed by atoms with Crippen molar-refractivity contribution < 1.29 is 0 Å². The molecule has 0 unspecified atom stereocenters. The first-order chi connectivity index (χ1) is 24.3. The summed E-state index contributed by atoms with van der Waals surface area (Å²) < 4.78 is 0. The maximum atomic E-state index is 2.50. The molecule has 0 radical (unpaired) electrons. The Morgan fingerprint density at radius 2 is 0.755 bits per heavy atom. The normalized spacial score (nSPS) is 13.1. The van der Waals surface area contributed by atoms with Crippen molar-refractivity contribution in [1.82, 2.24) is 0 Å². The summed E-state index contributed by atoms with van der Waals surface area (Å²) in [5.74, 6) is 0. The van der Waals surface area contributed by atoms with Gasteiger partial charge < -0.3 is 0 Å². The molecular formula is C49H32. The van der Waals surface area contributed by atoms with Crippen LogP contribution in [0.15, 0.2) is 194 Å². The maximum absolute atomic E-state index is 2.50. The fraction of sp³-hybridized carbons (Fsp3) is 0.0204. The number of benzene rings is 9. The molecule has 0 nitrogen and oxygen atoms in total. The molecule has 0 aliphatic heterocycles. The van der Waals surface area contributed by atoms with Gasteiger partial charge in [0.1, 0.15) is 0 Å². The zero-order valence-corrected chi connectivity index (χ0v) is 27.0. The van der Waals surface area contributed by atoms with Gasteiger partial charge in [-0.2, -0.15) is 0 Å². The summed E-state index contributed by atoms with van der Waals surface area (Å²) in [6.45, 7) is 0. The van der Waals surface area contributed by atoms with Crippen LogP contribution in [0.3, 0.4) is 0 Å². The van der Waals surface area contributed by atoms with E-state index in [1.54, 1.807) is 0 Å². The molecule has 0 saturated heterocycles. The van der Waals surface area contributed by atoms with Crippen LogP contribution in [-0.2, 0) is 5.41 Å². The van der Waals surface area contributed by atoms with Crippen molar-refractivity contribution in [3.05, 3.63) is 216 Å². The number of hydrogen-bond donors (Lipinski definition) is 0. The van der Waals surface area contributed by atoms with E-state index in [1.807, 2.05) is 0 Å². The van der Waals surface area contributed by atoms with E-state index in [-0.39, 0.29) is 0 Å². The van der Waals surface area contributed by atoms with E-state index in [0.717, 1.165) is 0 Å². The molecule has 0 heterocycles. The van der Waals surface area contributed by atoms with Crippen molar-refractivity contribution in [3.63, 3.8) is 0 Å². The van der Waals surface area contributed by atoms with E-state index < -0.39 is 5.41 Å². The van der Waals surface area contributed by atoms with Gasteiger partial charge in [0.15, 0.2) is 0 Å². The Balaban J connectivity index is 1.32. The van der Waals surface area contributed by atoms with E-state index in [4.69, 9.17) is 0 Å². The molecule has 9 aromatic carbocycles. The molecule has 0 saturated carbocycles. The molecule has 1 aliphatic rings. The first-order valence-corrected chi connectivity index (χ1v) is 17.1. The predicted molar refractivity (Wildman–Crippen MR) is 207 cm³/mol. The zero-order chi connectivity index (χ0) is 32.4. The molecule has 0 atom stereocenters. The fourth-order valence-corrected chi connectivity index (χ4v) is 8.77. The Morgan fingerprint density at radius 1 is 0.286 bits per heavy atom. The van der Waals surface area contributed by atoms with Gasteiger partial charge in [-0.1, -0.05) is 188 Å². The molecule has 10 rings (SSSR count). The topological polar surface area (TPSA) is 0 Å². The van der Waals surface area contributed by atoms with E-state index in [2.05, 4.69) is 194 Å². The maximum Gasteiger partial charge on any atom is 0.0713 e. The molecule has 0 spiro atoms. The molecule has 0 N–H and O–H groups in total. The van der Waals surface area contributed by atoms with Crippen molar-refractivity contribution in [1.29, 1.82) is 0 Å². The number of rotatable bonds is 4. The second-order valence-corrected chi connectivity index (χ2v) is 13.2. The second kappa shape index (κ2) is 10.9. The third-order valence-corrected chi connectivity index (χ3v) is 10.7. The summed E-state index contributed by atoms with van der Waals surface area (Å²) in [6, 6.07) is 71.8. The van der Waals surface area contributed by atoms with Crippen LogP contribution in [-0.4, -0.2) is 0 Å². The molecule has 1 aliphatic carbocycles. The standard InChI is InChI=1S/C49H32/c1-3-18-35(19-4-1)49(36-20-5-2-6-21-36)45-29-14-13-23-38(45)39-31-30-34(32-46(39)49)47-41-24-9-11-26-43(41)48(44-27-12-10-25-42(44)47)40-28-15-17-33-16-7-8-22-37(33)40/h1-32H. The first-order valence-electron chi connectivity index (χ1n) is 17.1. The Hall–Kier alpha value is -6.24.